The molecule has 1 aliphatic carbocycles. The lowest BCUT2D eigenvalue weighted by molar-refractivity contribution is 0.278. The van der Waals surface area contributed by atoms with Crippen molar-refractivity contribution in [3.8, 4) is 0 Å². The molecule has 1 aromatic heterocycles. The van der Waals surface area contributed by atoms with E-state index in [1.54, 1.807) is 6.07 Å². The van der Waals surface area contributed by atoms with E-state index in [1.807, 2.05) is 0 Å². The number of hydrogen-bond donors (Lipinski definition) is 1. The fraction of sp³-hybridized carbons (Fsp3) is 0.643. The summed E-state index contributed by atoms with van der Waals surface area (Å²) < 4.78 is 12.7. The van der Waals surface area contributed by atoms with Crippen LogP contribution in [0.4, 0.5) is 10.2 Å². The molecular weight excluding hydrogens is 215 g/mol. The highest BCUT2D eigenvalue weighted by molar-refractivity contribution is 5.33. The Morgan fingerprint density at radius 3 is 2.53 bits per heavy atom. The van der Waals surface area contributed by atoms with Crippen LogP contribution < -0.4 is 5.32 Å². The van der Waals surface area contributed by atoms with Crippen molar-refractivity contribution in [3.63, 3.8) is 0 Å². The Bertz CT molecular complexity index is 329. The van der Waals surface area contributed by atoms with Crippen LogP contribution in [0.3, 0.4) is 0 Å². The molecule has 17 heavy (non-hydrogen) atoms. The first-order chi connectivity index (χ1) is 8.28. The molecule has 0 spiro atoms. The average molecular weight is 236 g/mol. The first kappa shape index (κ1) is 12.3. The number of pyridine rings is 1. The predicted molar refractivity (Wildman–Crippen MR) is 68.4 cm³/mol. The maximum atomic E-state index is 12.7. The topological polar surface area (TPSA) is 24.9 Å². The Hall–Kier alpha value is -1.12. The minimum Gasteiger partial charge on any atom is -0.370 e. The number of nitrogens with one attached hydrogen (secondary N) is 1. The van der Waals surface area contributed by atoms with Crippen LogP contribution in [0.15, 0.2) is 18.3 Å². The second kappa shape index (κ2) is 5.99. The zero-order valence-corrected chi connectivity index (χ0v) is 10.5. The van der Waals surface area contributed by atoms with E-state index in [4.69, 9.17) is 0 Å². The van der Waals surface area contributed by atoms with Gasteiger partial charge in [-0.3, -0.25) is 0 Å². The molecule has 0 bridgehead atoms. The summed E-state index contributed by atoms with van der Waals surface area (Å²) in [6.07, 6.45) is 7.93. The SMILES string of the molecule is CCC1CCC(CNc2ccc(F)cn2)CC1. The van der Waals surface area contributed by atoms with Gasteiger partial charge < -0.3 is 5.32 Å². The van der Waals surface area contributed by atoms with Crippen LogP contribution >= 0.6 is 0 Å². The minimum atomic E-state index is -0.279. The molecule has 3 heteroatoms. The third-order valence-electron chi connectivity index (χ3n) is 3.84. The zero-order chi connectivity index (χ0) is 12.1. The van der Waals surface area contributed by atoms with Crippen LogP contribution in [0, 0.1) is 17.7 Å². The van der Waals surface area contributed by atoms with E-state index >= 15 is 0 Å². The van der Waals surface area contributed by atoms with Gasteiger partial charge in [0.2, 0.25) is 0 Å². The first-order valence-corrected chi connectivity index (χ1v) is 6.63. The van der Waals surface area contributed by atoms with Crippen LogP contribution in [-0.2, 0) is 0 Å². The Morgan fingerprint density at radius 1 is 1.24 bits per heavy atom. The lowest BCUT2D eigenvalue weighted by Crippen LogP contribution is -2.21. The number of nitrogens with zero attached hydrogens (tertiary/aromatic N) is 1. The van der Waals surface area contributed by atoms with E-state index in [2.05, 4.69) is 17.2 Å². The van der Waals surface area contributed by atoms with Crippen molar-refractivity contribution in [2.24, 2.45) is 11.8 Å². The molecule has 0 unspecified atom stereocenters. The van der Waals surface area contributed by atoms with Gasteiger partial charge in [-0.05, 0) is 36.8 Å². The maximum absolute atomic E-state index is 12.7. The Kier molecular flexibility index (Phi) is 4.35. The molecule has 0 aromatic carbocycles. The molecule has 0 radical (unpaired) electrons. The zero-order valence-electron chi connectivity index (χ0n) is 10.5. The summed E-state index contributed by atoms with van der Waals surface area (Å²) in [6, 6.07) is 3.15. The second-order valence-electron chi connectivity index (χ2n) is 5.04. The fourth-order valence-electron chi connectivity index (χ4n) is 2.57. The molecule has 94 valence electrons. The molecule has 0 saturated heterocycles. The average Bonchev–Trinajstić information content (AvgIpc) is 2.39. The fourth-order valence-corrected chi connectivity index (χ4v) is 2.57. The highest BCUT2D eigenvalue weighted by Gasteiger charge is 2.19. The van der Waals surface area contributed by atoms with E-state index in [1.165, 1.54) is 44.4 Å². The van der Waals surface area contributed by atoms with Gasteiger partial charge in [-0.2, -0.15) is 0 Å². The summed E-state index contributed by atoms with van der Waals surface area (Å²) in [4.78, 5) is 4.01. The molecule has 0 aliphatic heterocycles. The monoisotopic (exact) mass is 236 g/mol. The summed E-state index contributed by atoms with van der Waals surface area (Å²) in [7, 11) is 0. The number of aromatic nitrogens is 1. The lowest BCUT2D eigenvalue weighted by Gasteiger charge is -2.27. The van der Waals surface area contributed by atoms with E-state index < -0.39 is 0 Å². The van der Waals surface area contributed by atoms with Crippen molar-refractivity contribution in [3.05, 3.63) is 24.1 Å². The minimum absolute atomic E-state index is 0.279. The number of rotatable bonds is 4. The van der Waals surface area contributed by atoms with Crippen LogP contribution in [0.1, 0.15) is 39.0 Å². The largest absolute Gasteiger partial charge is 0.370 e. The number of anilines is 1. The van der Waals surface area contributed by atoms with Gasteiger partial charge in [0.15, 0.2) is 0 Å². The van der Waals surface area contributed by atoms with Crippen molar-refractivity contribution in [1.82, 2.24) is 4.98 Å². The summed E-state index contributed by atoms with van der Waals surface area (Å²) in [5.41, 5.74) is 0. The summed E-state index contributed by atoms with van der Waals surface area (Å²) in [6.45, 7) is 3.25. The third-order valence-corrected chi connectivity index (χ3v) is 3.84. The molecule has 0 atom stereocenters. The maximum Gasteiger partial charge on any atom is 0.141 e. The van der Waals surface area contributed by atoms with Gasteiger partial charge in [0, 0.05) is 6.54 Å². The van der Waals surface area contributed by atoms with Crippen molar-refractivity contribution in [2.75, 3.05) is 11.9 Å². The van der Waals surface area contributed by atoms with Crippen LogP contribution in [0.25, 0.3) is 0 Å². The Labute approximate surface area is 103 Å². The van der Waals surface area contributed by atoms with E-state index in [0.717, 1.165) is 24.2 Å². The van der Waals surface area contributed by atoms with Crippen LogP contribution in [0.5, 0.6) is 0 Å². The quantitative estimate of drug-likeness (QED) is 0.859. The smallest absolute Gasteiger partial charge is 0.141 e. The Balaban J connectivity index is 1.74. The third kappa shape index (κ3) is 3.69. The van der Waals surface area contributed by atoms with E-state index in [-0.39, 0.29) is 5.82 Å². The molecule has 1 aliphatic rings. The molecule has 2 rings (SSSR count). The summed E-state index contributed by atoms with van der Waals surface area (Å²) in [5, 5.41) is 3.30. The van der Waals surface area contributed by atoms with Gasteiger partial charge in [0.25, 0.3) is 0 Å². The van der Waals surface area contributed by atoms with E-state index in [0.29, 0.717) is 0 Å². The normalized spacial score (nSPS) is 24.6. The van der Waals surface area contributed by atoms with E-state index in [9.17, 15) is 4.39 Å². The van der Waals surface area contributed by atoms with Crippen molar-refractivity contribution in [2.45, 2.75) is 39.0 Å². The van der Waals surface area contributed by atoms with Crippen molar-refractivity contribution >= 4 is 5.82 Å². The van der Waals surface area contributed by atoms with Crippen molar-refractivity contribution < 1.29 is 4.39 Å². The Morgan fingerprint density at radius 2 is 1.94 bits per heavy atom. The van der Waals surface area contributed by atoms with Gasteiger partial charge in [-0.25, -0.2) is 9.37 Å². The van der Waals surface area contributed by atoms with Gasteiger partial charge in [-0.15, -0.1) is 0 Å². The summed E-state index contributed by atoms with van der Waals surface area (Å²) >= 11 is 0. The predicted octanol–water partition coefficient (Wildman–Crippen LogP) is 3.85. The second-order valence-corrected chi connectivity index (χ2v) is 5.04. The molecular formula is C14H21FN2. The van der Waals surface area contributed by atoms with Gasteiger partial charge in [-0.1, -0.05) is 26.2 Å². The number of halogens is 1. The molecule has 0 amide bonds. The molecule has 1 fully saturated rings. The van der Waals surface area contributed by atoms with Gasteiger partial charge in [0.05, 0.1) is 6.20 Å². The molecule has 1 N–H and O–H groups in total. The molecule has 1 saturated carbocycles. The highest BCUT2D eigenvalue weighted by Crippen LogP contribution is 2.30. The van der Waals surface area contributed by atoms with Gasteiger partial charge in [0.1, 0.15) is 11.6 Å². The first-order valence-electron chi connectivity index (χ1n) is 6.63. The van der Waals surface area contributed by atoms with Crippen LogP contribution in [-0.4, -0.2) is 11.5 Å². The lowest BCUT2D eigenvalue weighted by atomic mass is 9.81. The molecule has 1 heterocycles. The van der Waals surface area contributed by atoms with Crippen molar-refractivity contribution in [1.29, 1.82) is 0 Å². The highest BCUT2D eigenvalue weighted by atomic mass is 19.1. The molecule has 1 aromatic rings. The standard InChI is InChI=1S/C14H21FN2/c1-2-11-3-5-12(6-4-11)9-16-14-8-7-13(15)10-17-14/h7-8,10-12H,2-6,9H2,1H3,(H,16,17). The van der Waals surface area contributed by atoms with Crippen LogP contribution in [0.2, 0.25) is 0 Å². The molecule has 2 nitrogen and oxygen atoms in total. The number of hydrogen-bond acceptors (Lipinski definition) is 2. The van der Waals surface area contributed by atoms with Gasteiger partial charge >= 0.3 is 0 Å². The summed E-state index contributed by atoms with van der Waals surface area (Å²) in [5.74, 6) is 2.20.